The summed E-state index contributed by atoms with van der Waals surface area (Å²) in [4.78, 5) is 4.57. The highest BCUT2D eigenvalue weighted by Gasteiger charge is 2.42. The van der Waals surface area contributed by atoms with E-state index in [1.165, 1.54) is 6.26 Å². The Balaban J connectivity index is 2.14. The van der Waals surface area contributed by atoms with Crippen molar-refractivity contribution in [2.45, 2.75) is 44.4 Å². The Kier molecular flexibility index (Phi) is 6.51. The highest BCUT2D eigenvalue weighted by molar-refractivity contribution is 7.92. The number of aryl methyl sites for hydroxylation is 1. The Hall–Kier alpha value is -1.54. The molecule has 1 aromatic rings. The molecule has 2 N–H and O–H groups in total. The molecule has 2 heterocycles. The van der Waals surface area contributed by atoms with Gasteiger partial charge in [-0.15, -0.1) is 0 Å². The number of sulfone groups is 1. The van der Waals surface area contributed by atoms with Crippen molar-refractivity contribution in [3.63, 3.8) is 0 Å². The highest BCUT2D eigenvalue weighted by Crippen LogP contribution is 2.29. The average Bonchev–Trinajstić information content (AvgIpc) is 2.99. The second-order valence-corrected chi connectivity index (χ2v) is 8.99. The average molecular weight is 372 g/mol. The van der Waals surface area contributed by atoms with Gasteiger partial charge in [-0.1, -0.05) is 0 Å². The van der Waals surface area contributed by atoms with Gasteiger partial charge in [-0.05, 0) is 45.7 Å². The number of nitrogens with zero attached hydrogens (tertiary/aromatic N) is 1. The van der Waals surface area contributed by atoms with Gasteiger partial charge in [0.2, 0.25) is 0 Å². The lowest BCUT2D eigenvalue weighted by Crippen LogP contribution is -2.47. The first-order valence-corrected chi connectivity index (χ1v) is 10.5. The SMILES string of the molecule is CCNC(=NCC1(S(C)(=O)=O)CCOCC1)NC(C)c1ccc(C)o1. The van der Waals surface area contributed by atoms with E-state index in [-0.39, 0.29) is 12.6 Å². The van der Waals surface area contributed by atoms with Crippen molar-refractivity contribution in [1.29, 1.82) is 0 Å². The van der Waals surface area contributed by atoms with Gasteiger partial charge in [-0.25, -0.2) is 8.42 Å². The third kappa shape index (κ3) is 4.98. The van der Waals surface area contributed by atoms with Crippen LogP contribution < -0.4 is 10.6 Å². The van der Waals surface area contributed by atoms with Gasteiger partial charge in [0.15, 0.2) is 15.8 Å². The maximum Gasteiger partial charge on any atom is 0.191 e. The molecule has 1 fully saturated rings. The summed E-state index contributed by atoms with van der Waals surface area (Å²) in [7, 11) is -3.24. The quantitative estimate of drug-likeness (QED) is 0.585. The van der Waals surface area contributed by atoms with Crippen LogP contribution in [0.3, 0.4) is 0 Å². The number of furan rings is 1. The number of hydrogen-bond acceptors (Lipinski definition) is 5. The lowest BCUT2D eigenvalue weighted by atomic mass is 9.99. The lowest BCUT2D eigenvalue weighted by molar-refractivity contribution is 0.0768. The number of aliphatic imine (C=N–C) groups is 1. The Morgan fingerprint density at radius 2 is 2.04 bits per heavy atom. The van der Waals surface area contributed by atoms with Crippen molar-refractivity contribution in [3.05, 3.63) is 23.7 Å². The number of guanidine groups is 1. The van der Waals surface area contributed by atoms with Gasteiger partial charge in [0.1, 0.15) is 11.5 Å². The molecule has 1 aliphatic heterocycles. The summed E-state index contributed by atoms with van der Waals surface area (Å²) in [5.74, 6) is 2.24. The molecular formula is C17H29N3O4S. The van der Waals surface area contributed by atoms with Crippen LogP contribution in [-0.4, -0.2) is 51.7 Å². The van der Waals surface area contributed by atoms with Crippen molar-refractivity contribution >= 4 is 15.8 Å². The fourth-order valence-corrected chi connectivity index (χ4v) is 4.10. The van der Waals surface area contributed by atoms with Gasteiger partial charge in [0.05, 0.1) is 17.3 Å². The predicted molar refractivity (Wildman–Crippen MR) is 98.6 cm³/mol. The maximum atomic E-state index is 12.3. The zero-order chi connectivity index (χ0) is 18.5. The Bertz CT molecular complexity index is 691. The molecule has 0 aliphatic carbocycles. The number of nitrogens with one attached hydrogen (secondary N) is 2. The molecule has 8 heteroatoms. The number of ether oxygens (including phenoxy) is 1. The van der Waals surface area contributed by atoms with E-state index in [9.17, 15) is 8.42 Å². The minimum absolute atomic E-state index is 0.0737. The Morgan fingerprint density at radius 3 is 2.56 bits per heavy atom. The molecule has 0 saturated carbocycles. The van der Waals surface area contributed by atoms with Gasteiger partial charge in [-0.2, -0.15) is 0 Å². The number of rotatable bonds is 6. The second-order valence-electron chi connectivity index (χ2n) is 6.58. The molecule has 0 aromatic carbocycles. The molecular weight excluding hydrogens is 342 g/mol. The molecule has 1 saturated heterocycles. The lowest BCUT2D eigenvalue weighted by Gasteiger charge is -2.34. The monoisotopic (exact) mass is 371 g/mol. The van der Waals surface area contributed by atoms with Gasteiger partial charge in [-0.3, -0.25) is 4.99 Å². The third-order valence-electron chi connectivity index (χ3n) is 4.60. The van der Waals surface area contributed by atoms with Crippen LogP contribution in [0.15, 0.2) is 21.5 Å². The van der Waals surface area contributed by atoms with Gasteiger partial charge < -0.3 is 19.8 Å². The van der Waals surface area contributed by atoms with E-state index in [1.54, 1.807) is 0 Å². The van der Waals surface area contributed by atoms with E-state index in [1.807, 2.05) is 32.9 Å². The second kappa shape index (κ2) is 8.23. The molecule has 2 rings (SSSR count). The summed E-state index contributed by atoms with van der Waals surface area (Å²) in [6, 6.07) is 3.76. The predicted octanol–water partition coefficient (Wildman–Crippen LogP) is 1.80. The van der Waals surface area contributed by atoms with E-state index < -0.39 is 14.6 Å². The summed E-state index contributed by atoms with van der Waals surface area (Å²) in [5.41, 5.74) is 0. The molecule has 1 aliphatic rings. The minimum atomic E-state index is -3.24. The first-order chi connectivity index (χ1) is 11.8. The molecule has 142 valence electrons. The molecule has 0 radical (unpaired) electrons. The van der Waals surface area contributed by atoms with Crippen molar-refractivity contribution in [2.75, 3.05) is 32.6 Å². The van der Waals surface area contributed by atoms with Crippen molar-refractivity contribution in [1.82, 2.24) is 10.6 Å². The molecule has 0 spiro atoms. The molecule has 25 heavy (non-hydrogen) atoms. The molecule has 7 nitrogen and oxygen atoms in total. The molecule has 1 unspecified atom stereocenters. The minimum Gasteiger partial charge on any atom is -0.464 e. The van der Waals surface area contributed by atoms with E-state index in [4.69, 9.17) is 9.15 Å². The summed E-state index contributed by atoms with van der Waals surface area (Å²) < 4.78 is 34.8. The van der Waals surface area contributed by atoms with Gasteiger partial charge in [0, 0.05) is 26.0 Å². The van der Waals surface area contributed by atoms with Crippen LogP contribution >= 0.6 is 0 Å². The van der Waals surface area contributed by atoms with Crippen molar-refractivity contribution < 1.29 is 17.6 Å². The summed E-state index contributed by atoms with van der Waals surface area (Å²) in [5, 5.41) is 6.44. The van der Waals surface area contributed by atoms with Crippen LogP contribution in [0.2, 0.25) is 0 Å². The van der Waals surface area contributed by atoms with E-state index in [0.29, 0.717) is 38.6 Å². The van der Waals surface area contributed by atoms with Crippen molar-refractivity contribution in [2.24, 2.45) is 4.99 Å². The molecule has 1 aromatic heterocycles. The zero-order valence-electron chi connectivity index (χ0n) is 15.5. The first kappa shape index (κ1) is 19.8. The fraction of sp³-hybridized carbons (Fsp3) is 0.706. The molecule has 0 bridgehead atoms. The molecule has 0 amide bonds. The van der Waals surface area contributed by atoms with Crippen LogP contribution in [0.1, 0.15) is 44.3 Å². The first-order valence-electron chi connectivity index (χ1n) is 8.66. The summed E-state index contributed by atoms with van der Waals surface area (Å²) in [6.07, 6.45) is 2.24. The topological polar surface area (TPSA) is 92.9 Å². The normalized spacial score (nSPS) is 19.4. The van der Waals surface area contributed by atoms with E-state index in [2.05, 4.69) is 15.6 Å². The van der Waals surface area contributed by atoms with E-state index in [0.717, 1.165) is 11.5 Å². The van der Waals surface area contributed by atoms with Crippen molar-refractivity contribution in [3.8, 4) is 0 Å². The van der Waals surface area contributed by atoms with Crippen LogP contribution in [-0.2, 0) is 14.6 Å². The van der Waals surface area contributed by atoms with Gasteiger partial charge >= 0.3 is 0 Å². The fourth-order valence-electron chi connectivity index (χ4n) is 2.90. The van der Waals surface area contributed by atoms with Crippen LogP contribution in [0.25, 0.3) is 0 Å². The zero-order valence-corrected chi connectivity index (χ0v) is 16.3. The largest absolute Gasteiger partial charge is 0.464 e. The summed E-state index contributed by atoms with van der Waals surface area (Å²) in [6.45, 7) is 7.66. The summed E-state index contributed by atoms with van der Waals surface area (Å²) >= 11 is 0. The highest BCUT2D eigenvalue weighted by atomic mass is 32.2. The smallest absolute Gasteiger partial charge is 0.191 e. The van der Waals surface area contributed by atoms with Crippen LogP contribution in [0.4, 0.5) is 0 Å². The third-order valence-corrected chi connectivity index (χ3v) is 6.71. The van der Waals surface area contributed by atoms with Crippen LogP contribution in [0, 0.1) is 6.92 Å². The van der Waals surface area contributed by atoms with Gasteiger partial charge in [0.25, 0.3) is 0 Å². The maximum absolute atomic E-state index is 12.3. The Morgan fingerprint density at radius 1 is 1.36 bits per heavy atom. The van der Waals surface area contributed by atoms with E-state index >= 15 is 0 Å². The molecule has 1 atom stereocenters. The van der Waals surface area contributed by atoms with Crippen LogP contribution in [0.5, 0.6) is 0 Å². The standard InChI is InChI=1S/C17H29N3O4S/c1-5-18-16(20-14(3)15-7-6-13(2)24-15)19-12-17(25(4,21)22)8-10-23-11-9-17/h6-7,14H,5,8-12H2,1-4H3,(H2,18,19,20). The Labute approximate surface area is 150 Å². The number of hydrogen-bond donors (Lipinski definition) is 2.